The maximum Gasteiger partial charge on any atom is 0.326 e. The number of carbonyl (C=O) groups is 6. The molecular formula is C21H37N5O9. The van der Waals surface area contributed by atoms with Crippen molar-refractivity contribution in [3.05, 3.63) is 0 Å². The van der Waals surface area contributed by atoms with Gasteiger partial charge < -0.3 is 42.7 Å². The van der Waals surface area contributed by atoms with Gasteiger partial charge in [-0.3, -0.25) is 24.0 Å². The van der Waals surface area contributed by atoms with Gasteiger partial charge in [0.1, 0.15) is 18.1 Å². The molecule has 0 saturated carbocycles. The SMILES string of the molecule is CC(C)C(NC(=O)C(N)CCCCN)C(=O)NC(CCC(=O)O)C(=O)NC(CCC(=O)O)C(=O)O. The highest BCUT2D eigenvalue weighted by atomic mass is 16.4. The second-order valence-electron chi connectivity index (χ2n) is 8.45. The van der Waals surface area contributed by atoms with Crippen molar-refractivity contribution in [1.29, 1.82) is 0 Å². The van der Waals surface area contributed by atoms with Crippen LogP contribution in [0.3, 0.4) is 0 Å². The zero-order valence-electron chi connectivity index (χ0n) is 20.0. The van der Waals surface area contributed by atoms with Gasteiger partial charge >= 0.3 is 17.9 Å². The first-order chi connectivity index (χ1) is 16.3. The van der Waals surface area contributed by atoms with Gasteiger partial charge in [0.2, 0.25) is 17.7 Å². The summed E-state index contributed by atoms with van der Waals surface area (Å²) in [6.07, 6.45) is -0.177. The lowest BCUT2D eigenvalue weighted by molar-refractivity contribution is -0.144. The smallest absolute Gasteiger partial charge is 0.326 e. The zero-order chi connectivity index (χ0) is 27.1. The molecule has 4 unspecified atom stereocenters. The first-order valence-corrected chi connectivity index (χ1v) is 11.3. The fourth-order valence-corrected chi connectivity index (χ4v) is 3.03. The maximum absolute atomic E-state index is 12.9. The Morgan fingerprint density at radius 3 is 1.69 bits per heavy atom. The largest absolute Gasteiger partial charge is 0.481 e. The Labute approximate surface area is 203 Å². The van der Waals surface area contributed by atoms with Crippen molar-refractivity contribution in [2.45, 2.75) is 83.0 Å². The predicted octanol–water partition coefficient (Wildman–Crippen LogP) is -1.63. The van der Waals surface area contributed by atoms with Gasteiger partial charge in [0.25, 0.3) is 0 Å². The second kappa shape index (κ2) is 16.4. The van der Waals surface area contributed by atoms with Crippen LogP contribution in [0.2, 0.25) is 0 Å². The molecule has 35 heavy (non-hydrogen) atoms. The lowest BCUT2D eigenvalue weighted by atomic mass is 10.0. The van der Waals surface area contributed by atoms with E-state index < -0.39 is 85.0 Å². The zero-order valence-corrected chi connectivity index (χ0v) is 20.0. The normalized spacial score (nSPS) is 14.3. The van der Waals surface area contributed by atoms with E-state index in [2.05, 4.69) is 16.0 Å². The van der Waals surface area contributed by atoms with E-state index >= 15 is 0 Å². The van der Waals surface area contributed by atoms with E-state index in [0.29, 0.717) is 25.8 Å². The van der Waals surface area contributed by atoms with Gasteiger partial charge in [-0.25, -0.2) is 4.79 Å². The molecule has 14 nitrogen and oxygen atoms in total. The van der Waals surface area contributed by atoms with Crippen LogP contribution in [0.25, 0.3) is 0 Å². The van der Waals surface area contributed by atoms with E-state index in [1.807, 2.05) is 0 Å². The molecule has 0 fully saturated rings. The number of nitrogens with one attached hydrogen (secondary N) is 3. The van der Waals surface area contributed by atoms with E-state index in [-0.39, 0.29) is 6.42 Å². The summed E-state index contributed by atoms with van der Waals surface area (Å²) < 4.78 is 0. The van der Waals surface area contributed by atoms with Crippen LogP contribution in [-0.4, -0.2) is 81.7 Å². The van der Waals surface area contributed by atoms with Crippen molar-refractivity contribution >= 4 is 35.6 Å². The molecular weight excluding hydrogens is 466 g/mol. The molecule has 0 aromatic carbocycles. The van der Waals surface area contributed by atoms with Gasteiger partial charge in [0.05, 0.1) is 6.04 Å². The van der Waals surface area contributed by atoms with Crippen LogP contribution in [-0.2, 0) is 28.8 Å². The topological polar surface area (TPSA) is 251 Å². The number of carboxylic acids is 3. The fourth-order valence-electron chi connectivity index (χ4n) is 3.03. The molecule has 0 aromatic rings. The Balaban J connectivity index is 5.43. The summed E-state index contributed by atoms with van der Waals surface area (Å²) >= 11 is 0. The number of aliphatic carboxylic acids is 3. The number of hydrogen-bond acceptors (Lipinski definition) is 8. The molecule has 4 atom stereocenters. The van der Waals surface area contributed by atoms with Gasteiger partial charge in [-0.15, -0.1) is 0 Å². The lowest BCUT2D eigenvalue weighted by Gasteiger charge is -2.27. The molecule has 0 heterocycles. The van der Waals surface area contributed by atoms with Crippen LogP contribution in [0.5, 0.6) is 0 Å². The molecule has 0 bridgehead atoms. The summed E-state index contributed by atoms with van der Waals surface area (Å²) in [5.41, 5.74) is 11.3. The predicted molar refractivity (Wildman–Crippen MR) is 123 cm³/mol. The third-order valence-electron chi connectivity index (χ3n) is 5.09. The molecule has 14 heteroatoms. The van der Waals surface area contributed by atoms with Crippen LogP contribution in [0, 0.1) is 5.92 Å². The average Bonchev–Trinajstić information content (AvgIpc) is 2.76. The molecule has 0 aliphatic heterocycles. The number of carbonyl (C=O) groups excluding carboxylic acids is 3. The van der Waals surface area contributed by atoms with Crippen LogP contribution in [0.4, 0.5) is 0 Å². The molecule has 200 valence electrons. The van der Waals surface area contributed by atoms with Crippen molar-refractivity contribution in [3.8, 4) is 0 Å². The summed E-state index contributed by atoms with van der Waals surface area (Å²) in [5, 5.41) is 34.0. The van der Waals surface area contributed by atoms with Crippen molar-refractivity contribution in [3.63, 3.8) is 0 Å². The first kappa shape index (κ1) is 31.7. The van der Waals surface area contributed by atoms with E-state index in [1.54, 1.807) is 13.8 Å². The Morgan fingerprint density at radius 2 is 1.23 bits per heavy atom. The third kappa shape index (κ3) is 13.3. The standard InChI is InChI=1S/C21H37N5O9/c1-11(2)17(26-18(31)12(23)5-3-4-10-22)20(33)24-13(6-8-15(27)28)19(32)25-14(21(34)35)7-9-16(29)30/h11-14,17H,3-10,22-23H2,1-2H3,(H,24,33)(H,25,32)(H,26,31)(H,27,28)(H,29,30)(H,34,35). The molecule has 3 amide bonds. The number of hydrogen-bond donors (Lipinski definition) is 8. The van der Waals surface area contributed by atoms with Crippen molar-refractivity contribution < 1.29 is 44.1 Å². The van der Waals surface area contributed by atoms with Crippen molar-refractivity contribution in [2.75, 3.05) is 6.54 Å². The molecule has 0 aliphatic rings. The van der Waals surface area contributed by atoms with E-state index in [1.165, 1.54) is 0 Å². The summed E-state index contributed by atoms with van der Waals surface area (Å²) in [6.45, 7) is 3.73. The fraction of sp³-hybridized carbons (Fsp3) is 0.714. The summed E-state index contributed by atoms with van der Waals surface area (Å²) in [5.74, 6) is -6.80. The monoisotopic (exact) mass is 503 g/mol. The summed E-state index contributed by atoms with van der Waals surface area (Å²) in [7, 11) is 0. The van der Waals surface area contributed by atoms with Gasteiger partial charge in [0.15, 0.2) is 0 Å². The van der Waals surface area contributed by atoms with Gasteiger partial charge in [0, 0.05) is 12.8 Å². The average molecular weight is 504 g/mol. The number of nitrogens with two attached hydrogens (primary N) is 2. The summed E-state index contributed by atoms with van der Waals surface area (Å²) in [4.78, 5) is 71.1. The quantitative estimate of drug-likeness (QED) is 0.0985. The Bertz CT molecular complexity index is 759. The minimum Gasteiger partial charge on any atom is -0.481 e. The van der Waals surface area contributed by atoms with Crippen molar-refractivity contribution in [1.82, 2.24) is 16.0 Å². The Hall–Kier alpha value is -3.26. The van der Waals surface area contributed by atoms with Gasteiger partial charge in [-0.1, -0.05) is 20.3 Å². The minimum atomic E-state index is -1.56. The molecule has 10 N–H and O–H groups in total. The highest BCUT2D eigenvalue weighted by Crippen LogP contribution is 2.08. The highest BCUT2D eigenvalue weighted by molar-refractivity contribution is 5.94. The molecule has 0 rings (SSSR count). The number of amides is 3. The highest BCUT2D eigenvalue weighted by Gasteiger charge is 2.32. The van der Waals surface area contributed by atoms with Crippen LogP contribution >= 0.6 is 0 Å². The minimum absolute atomic E-state index is 0.353. The van der Waals surface area contributed by atoms with Crippen LogP contribution < -0.4 is 27.4 Å². The first-order valence-electron chi connectivity index (χ1n) is 11.3. The number of unbranched alkanes of at least 4 members (excludes halogenated alkanes) is 1. The van der Waals surface area contributed by atoms with E-state index in [4.69, 9.17) is 21.7 Å². The molecule has 0 aliphatic carbocycles. The van der Waals surface area contributed by atoms with Crippen LogP contribution in [0.1, 0.15) is 58.8 Å². The van der Waals surface area contributed by atoms with Gasteiger partial charge in [-0.05, 0) is 38.1 Å². The molecule has 0 radical (unpaired) electrons. The van der Waals surface area contributed by atoms with E-state index in [9.17, 15) is 33.9 Å². The maximum atomic E-state index is 12.9. The second-order valence-corrected chi connectivity index (χ2v) is 8.45. The van der Waals surface area contributed by atoms with Crippen molar-refractivity contribution in [2.24, 2.45) is 17.4 Å². The number of carboxylic acid groups (broad SMARTS) is 3. The van der Waals surface area contributed by atoms with Gasteiger partial charge in [-0.2, -0.15) is 0 Å². The molecule has 0 saturated heterocycles. The molecule has 0 spiro atoms. The molecule has 0 aromatic heterocycles. The van der Waals surface area contributed by atoms with Crippen LogP contribution in [0.15, 0.2) is 0 Å². The number of rotatable bonds is 18. The third-order valence-corrected chi connectivity index (χ3v) is 5.09. The summed E-state index contributed by atoms with van der Waals surface area (Å²) in [6, 6.07) is -4.99. The Kier molecular flexibility index (Phi) is 14.9. The Morgan fingerprint density at radius 1 is 0.714 bits per heavy atom. The van der Waals surface area contributed by atoms with E-state index in [0.717, 1.165) is 0 Å². The lowest BCUT2D eigenvalue weighted by Crippen LogP contribution is -2.58.